The number of hydrogen-bond donors (Lipinski definition) is 1. The van der Waals surface area contributed by atoms with Gasteiger partial charge in [0.15, 0.2) is 0 Å². The van der Waals surface area contributed by atoms with E-state index in [0.29, 0.717) is 0 Å². The Morgan fingerprint density at radius 3 is 2.57 bits per heavy atom. The van der Waals surface area contributed by atoms with Crippen molar-refractivity contribution in [2.75, 3.05) is 12.9 Å². The highest BCUT2D eigenvalue weighted by Gasteiger charge is 2.22. The molecule has 0 aromatic heterocycles. The van der Waals surface area contributed by atoms with Gasteiger partial charge in [0, 0.05) is 14.8 Å². The van der Waals surface area contributed by atoms with Crippen LogP contribution in [-0.2, 0) is 5.41 Å². The van der Waals surface area contributed by atoms with E-state index in [9.17, 15) is 5.11 Å². The van der Waals surface area contributed by atoms with E-state index in [0.717, 1.165) is 4.47 Å². The van der Waals surface area contributed by atoms with Crippen LogP contribution in [0.4, 0.5) is 0 Å². The van der Waals surface area contributed by atoms with Gasteiger partial charge in [-0.3, -0.25) is 0 Å². The van der Waals surface area contributed by atoms with E-state index in [1.165, 1.54) is 10.5 Å². The van der Waals surface area contributed by atoms with E-state index >= 15 is 0 Å². The summed E-state index contributed by atoms with van der Waals surface area (Å²) in [7, 11) is 0. The van der Waals surface area contributed by atoms with E-state index < -0.39 is 0 Å². The monoisotopic (exact) mass is 274 g/mol. The standard InChI is InChI=1S/C11H15BrOS/c1-11(2,7-13)9-6-8(12)4-5-10(9)14-3/h4-6,13H,7H2,1-3H3. The second kappa shape index (κ2) is 4.69. The third-order valence-corrected chi connectivity index (χ3v) is 3.58. The van der Waals surface area contributed by atoms with Crippen LogP contribution in [0.25, 0.3) is 0 Å². The van der Waals surface area contributed by atoms with Crippen LogP contribution < -0.4 is 0 Å². The van der Waals surface area contributed by atoms with Gasteiger partial charge in [0.05, 0.1) is 6.61 Å². The lowest BCUT2D eigenvalue weighted by molar-refractivity contribution is 0.216. The summed E-state index contributed by atoms with van der Waals surface area (Å²) in [4.78, 5) is 1.23. The molecule has 1 N–H and O–H groups in total. The molecule has 0 aliphatic carbocycles. The number of benzene rings is 1. The van der Waals surface area contributed by atoms with Gasteiger partial charge < -0.3 is 5.11 Å². The predicted molar refractivity (Wildman–Crippen MR) is 66.0 cm³/mol. The Balaban J connectivity index is 3.23. The molecule has 14 heavy (non-hydrogen) atoms. The smallest absolute Gasteiger partial charge is 0.0523 e. The minimum Gasteiger partial charge on any atom is -0.395 e. The van der Waals surface area contributed by atoms with E-state index in [2.05, 4.69) is 48.2 Å². The van der Waals surface area contributed by atoms with Crippen molar-refractivity contribution < 1.29 is 5.11 Å². The summed E-state index contributed by atoms with van der Waals surface area (Å²) in [5.41, 5.74) is 1.02. The topological polar surface area (TPSA) is 20.2 Å². The first-order valence-electron chi connectivity index (χ1n) is 4.46. The molecule has 0 amide bonds. The molecule has 1 aromatic rings. The van der Waals surface area contributed by atoms with Gasteiger partial charge in [0.25, 0.3) is 0 Å². The van der Waals surface area contributed by atoms with E-state index in [4.69, 9.17) is 0 Å². The predicted octanol–water partition coefficient (Wildman–Crippen LogP) is 3.44. The highest BCUT2D eigenvalue weighted by molar-refractivity contribution is 9.10. The fraction of sp³-hybridized carbons (Fsp3) is 0.455. The maximum absolute atomic E-state index is 9.33. The van der Waals surface area contributed by atoms with Crippen molar-refractivity contribution in [1.82, 2.24) is 0 Å². The average Bonchev–Trinajstić information content (AvgIpc) is 2.18. The lowest BCUT2D eigenvalue weighted by atomic mass is 9.86. The largest absolute Gasteiger partial charge is 0.395 e. The van der Waals surface area contributed by atoms with Crippen LogP contribution in [0.5, 0.6) is 0 Å². The van der Waals surface area contributed by atoms with Crippen LogP contribution in [0.2, 0.25) is 0 Å². The van der Waals surface area contributed by atoms with Crippen molar-refractivity contribution in [2.24, 2.45) is 0 Å². The SMILES string of the molecule is CSc1ccc(Br)cc1C(C)(C)CO. The fourth-order valence-corrected chi connectivity index (χ4v) is 2.41. The summed E-state index contributed by atoms with van der Waals surface area (Å²) in [6.07, 6.45) is 2.06. The molecule has 0 aliphatic heterocycles. The van der Waals surface area contributed by atoms with E-state index in [1.54, 1.807) is 11.8 Å². The van der Waals surface area contributed by atoms with E-state index in [-0.39, 0.29) is 12.0 Å². The maximum atomic E-state index is 9.33. The number of rotatable bonds is 3. The first-order valence-corrected chi connectivity index (χ1v) is 6.48. The van der Waals surface area contributed by atoms with Crippen LogP contribution in [-0.4, -0.2) is 18.0 Å². The van der Waals surface area contributed by atoms with Crippen molar-refractivity contribution >= 4 is 27.7 Å². The molecule has 0 bridgehead atoms. The Bertz CT molecular complexity index is 323. The number of halogens is 1. The van der Waals surface area contributed by atoms with Crippen molar-refractivity contribution in [2.45, 2.75) is 24.2 Å². The van der Waals surface area contributed by atoms with Crippen molar-refractivity contribution in [3.8, 4) is 0 Å². The zero-order valence-electron chi connectivity index (χ0n) is 8.67. The zero-order chi connectivity index (χ0) is 10.8. The molecule has 1 aromatic carbocycles. The molecule has 78 valence electrons. The Hall–Kier alpha value is 0.01000. The average molecular weight is 275 g/mol. The highest BCUT2D eigenvalue weighted by Crippen LogP contribution is 2.33. The van der Waals surface area contributed by atoms with Crippen molar-refractivity contribution in [3.05, 3.63) is 28.2 Å². The Morgan fingerprint density at radius 2 is 2.07 bits per heavy atom. The summed E-state index contributed by atoms with van der Waals surface area (Å²) < 4.78 is 1.06. The van der Waals surface area contributed by atoms with Crippen LogP contribution >= 0.6 is 27.7 Å². The van der Waals surface area contributed by atoms with Crippen LogP contribution in [0.3, 0.4) is 0 Å². The number of hydrogen-bond acceptors (Lipinski definition) is 2. The second-order valence-corrected chi connectivity index (χ2v) is 5.65. The first kappa shape index (κ1) is 12.1. The minimum absolute atomic E-state index is 0.164. The van der Waals surface area contributed by atoms with Gasteiger partial charge in [-0.15, -0.1) is 11.8 Å². The van der Waals surface area contributed by atoms with Gasteiger partial charge >= 0.3 is 0 Å². The Kier molecular flexibility index (Phi) is 4.04. The third kappa shape index (κ3) is 2.53. The summed E-state index contributed by atoms with van der Waals surface area (Å²) >= 11 is 5.17. The summed E-state index contributed by atoms with van der Waals surface area (Å²) in [6.45, 7) is 4.26. The van der Waals surface area contributed by atoms with Crippen LogP contribution in [0.15, 0.2) is 27.6 Å². The van der Waals surface area contributed by atoms with Gasteiger partial charge in [0.1, 0.15) is 0 Å². The molecule has 0 saturated carbocycles. The molecular formula is C11H15BrOS. The number of aliphatic hydroxyl groups is 1. The maximum Gasteiger partial charge on any atom is 0.0523 e. The molecule has 0 atom stereocenters. The van der Waals surface area contributed by atoms with Crippen LogP contribution in [0, 0.1) is 0 Å². The second-order valence-electron chi connectivity index (χ2n) is 3.89. The van der Waals surface area contributed by atoms with Gasteiger partial charge in [0.2, 0.25) is 0 Å². The third-order valence-electron chi connectivity index (χ3n) is 2.29. The van der Waals surface area contributed by atoms with Gasteiger partial charge in [-0.1, -0.05) is 29.8 Å². The molecule has 1 rings (SSSR count). The van der Waals surface area contributed by atoms with Gasteiger partial charge in [-0.05, 0) is 30.0 Å². The Labute approximate surface area is 98.0 Å². The van der Waals surface area contributed by atoms with Crippen LogP contribution in [0.1, 0.15) is 19.4 Å². The lowest BCUT2D eigenvalue weighted by Gasteiger charge is -2.25. The molecule has 3 heteroatoms. The normalized spacial score (nSPS) is 11.8. The highest BCUT2D eigenvalue weighted by atomic mass is 79.9. The molecule has 0 heterocycles. The molecule has 0 unspecified atom stereocenters. The minimum atomic E-state index is -0.178. The van der Waals surface area contributed by atoms with Gasteiger partial charge in [-0.25, -0.2) is 0 Å². The van der Waals surface area contributed by atoms with E-state index in [1.807, 2.05) is 6.07 Å². The number of aliphatic hydroxyl groups excluding tert-OH is 1. The van der Waals surface area contributed by atoms with Crippen molar-refractivity contribution in [1.29, 1.82) is 0 Å². The summed E-state index contributed by atoms with van der Waals surface area (Å²) in [5, 5.41) is 9.33. The molecule has 1 nitrogen and oxygen atoms in total. The molecule has 0 spiro atoms. The Morgan fingerprint density at radius 1 is 1.43 bits per heavy atom. The lowest BCUT2D eigenvalue weighted by Crippen LogP contribution is -2.22. The van der Waals surface area contributed by atoms with Gasteiger partial charge in [-0.2, -0.15) is 0 Å². The molecule has 0 saturated heterocycles. The quantitative estimate of drug-likeness (QED) is 0.853. The fourth-order valence-electron chi connectivity index (χ4n) is 1.29. The molecule has 0 radical (unpaired) electrons. The zero-order valence-corrected chi connectivity index (χ0v) is 11.1. The molecule has 0 fully saturated rings. The first-order chi connectivity index (χ1) is 6.51. The molecular weight excluding hydrogens is 260 g/mol. The summed E-state index contributed by atoms with van der Waals surface area (Å²) in [5.74, 6) is 0. The summed E-state index contributed by atoms with van der Waals surface area (Å²) in [6, 6.07) is 6.20. The number of thioether (sulfide) groups is 1. The molecule has 0 aliphatic rings. The van der Waals surface area contributed by atoms with Crippen molar-refractivity contribution in [3.63, 3.8) is 0 Å².